The minimum Gasteiger partial charge on any atom is -0.496 e. The standard InChI is InChI=1S/C18H12BrN3O2S/c1-24-14-5-3-2-4-13(14)16-20-18-22(21-16)17(23)15(25-18)10-11-6-8-12(19)9-7-11/h2-10H,1H3/b15-10-. The van der Waals surface area contributed by atoms with Gasteiger partial charge < -0.3 is 4.74 Å². The van der Waals surface area contributed by atoms with Gasteiger partial charge in [-0.2, -0.15) is 9.50 Å². The third-order valence-electron chi connectivity index (χ3n) is 3.70. The number of fused-ring (bicyclic) bond motifs is 1. The Labute approximate surface area is 155 Å². The van der Waals surface area contributed by atoms with Gasteiger partial charge in [0.05, 0.1) is 17.2 Å². The Balaban J connectivity index is 1.82. The van der Waals surface area contributed by atoms with E-state index in [0.717, 1.165) is 15.6 Å². The van der Waals surface area contributed by atoms with Crippen LogP contribution in [0.2, 0.25) is 0 Å². The molecule has 2 heterocycles. The number of hydrogen-bond acceptors (Lipinski definition) is 5. The molecule has 0 aliphatic heterocycles. The number of benzene rings is 2. The zero-order chi connectivity index (χ0) is 17.4. The zero-order valence-electron chi connectivity index (χ0n) is 13.1. The lowest BCUT2D eigenvalue weighted by atomic mass is 10.2. The third kappa shape index (κ3) is 2.96. The summed E-state index contributed by atoms with van der Waals surface area (Å²) in [7, 11) is 1.60. The molecule has 0 saturated heterocycles. The number of halogens is 1. The Morgan fingerprint density at radius 1 is 1.16 bits per heavy atom. The van der Waals surface area contributed by atoms with Gasteiger partial charge in [-0.25, -0.2) is 0 Å². The molecule has 0 N–H and O–H groups in total. The first kappa shape index (κ1) is 16.0. The van der Waals surface area contributed by atoms with E-state index in [4.69, 9.17) is 4.74 Å². The number of ether oxygens (including phenoxy) is 1. The SMILES string of the molecule is COc1ccccc1-c1nc2s/c(=C\c3ccc(Br)cc3)c(=O)n2n1. The lowest BCUT2D eigenvalue weighted by molar-refractivity contribution is 0.416. The highest BCUT2D eigenvalue weighted by Gasteiger charge is 2.14. The van der Waals surface area contributed by atoms with Crippen molar-refractivity contribution in [3.05, 3.63) is 73.5 Å². The van der Waals surface area contributed by atoms with Gasteiger partial charge in [-0.3, -0.25) is 4.79 Å². The van der Waals surface area contributed by atoms with Crippen molar-refractivity contribution in [2.24, 2.45) is 0 Å². The van der Waals surface area contributed by atoms with Crippen molar-refractivity contribution in [1.29, 1.82) is 0 Å². The highest BCUT2D eigenvalue weighted by atomic mass is 79.9. The van der Waals surface area contributed by atoms with Crippen molar-refractivity contribution >= 4 is 38.3 Å². The minimum atomic E-state index is -0.170. The quantitative estimate of drug-likeness (QED) is 0.517. The molecule has 124 valence electrons. The average Bonchev–Trinajstić information content (AvgIpc) is 3.17. The van der Waals surface area contributed by atoms with Gasteiger partial charge in [-0.15, -0.1) is 5.10 Å². The molecule has 7 heteroatoms. The van der Waals surface area contributed by atoms with Crippen LogP contribution in [0.25, 0.3) is 22.4 Å². The molecule has 0 unspecified atom stereocenters. The van der Waals surface area contributed by atoms with Crippen LogP contribution in [0, 0.1) is 0 Å². The summed E-state index contributed by atoms with van der Waals surface area (Å²) in [6, 6.07) is 15.2. The van der Waals surface area contributed by atoms with E-state index in [1.807, 2.05) is 54.6 Å². The van der Waals surface area contributed by atoms with Gasteiger partial charge in [0, 0.05) is 4.47 Å². The van der Waals surface area contributed by atoms with Crippen LogP contribution >= 0.6 is 27.3 Å². The van der Waals surface area contributed by atoms with E-state index in [1.54, 1.807) is 7.11 Å². The summed E-state index contributed by atoms with van der Waals surface area (Å²) in [6.45, 7) is 0. The Morgan fingerprint density at radius 2 is 1.92 bits per heavy atom. The average molecular weight is 414 g/mol. The highest BCUT2D eigenvalue weighted by molar-refractivity contribution is 9.10. The first-order chi connectivity index (χ1) is 12.2. The summed E-state index contributed by atoms with van der Waals surface area (Å²) in [6.07, 6.45) is 1.85. The molecule has 4 aromatic rings. The summed E-state index contributed by atoms with van der Waals surface area (Å²) in [5.74, 6) is 1.16. The molecular formula is C18H12BrN3O2S. The predicted molar refractivity (Wildman–Crippen MR) is 102 cm³/mol. The largest absolute Gasteiger partial charge is 0.496 e. The van der Waals surface area contributed by atoms with Gasteiger partial charge in [-0.05, 0) is 35.9 Å². The summed E-state index contributed by atoms with van der Waals surface area (Å²) in [5, 5.41) is 4.36. The lowest BCUT2D eigenvalue weighted by Crippen LogP contribution is -2.23. The topological polar surface area (TPSA) is 56.5 Å². The van der Waals surface area contributed by atoms with E-state index in [2.05, 4.69) is 26.0 Å². The first-order valence-electron chi connectivity index (χ1n) is 7.46. The molecule has 0 radical (unpaired) electrons. The number of aromatic nitrogens is 3. The van der Waals surface area contributed by atoms with Crippen LogP contribution in [0.1, 0.15) is 5.56 Å². The molecule has 25 heavy (non-hydrogen) atoms. The van der Waals surface area contributed by atoms with Crippen LogP contribution in [0.4, 0.5) is 0 Å². The third-order valence-corrected chi connectivity index (χ3v) is 5.19. The van der Waals surface area contributed by atoms with E-state index in [-0.39, 0.29) is 5.56 Å². The Morgan fingerprint density at radius 3 is 2.64 bits per heavy atom. The highest BCUT2D eigenvalue weighted by Crippen LogP contribution is 2.27. The van der Waals surface area contributed by atoms with Crippen LogP contribution in [-0.4, -0.2) is 21.7 Å². The smallest absolute Gasteiger partial charge is 0.291 e. The second kappa shape index (κ2) is 6.42. The molecule has 2 aromatic heterocycles. The van der Waals surface area contributed by atoms with Crippen LogP contribution in [0.15, 0.2) is 57.8 Å². The van der Waals surface area contributed by atoms with E-state index >= 15 is 0 Å². The monoisotopic (exact) mass is 413 g/mol. The lowest BCUT2D eigenvalue weighted by Gasteiger charge is -2.03. The van der Waals surface area contributed by atoms with Gasteiger partial charge in [0.15, 0.2) is 5.82 Å². The number of nitrogens with zero attached hydrogens (tertiary/aromatic N) is 3. The normalized spacial score (nSPS) is 12.0. The molecule has 0 bridgehead atoms. The number of hydrogen-bond donors (Lipinski definition) is 0. The Hall–Kier alpha value is -2.51. The maximum atomic E-state index is 12.6. The molecule has 4 rings (SSSR count). The second-order valence-electron chi connectivity index (χ2n) is 5.30. The van der Waals surface area contributed by atoms with Crippen LogP contribution < -0.4 is 14.8 Å². The van der Waals surface area contributed by atoms with Gasteiger partial charge in [0.25, 0.3) is 5.56 Å². The second-order valence-corrected chi connectivity index (χ2v) is 7.22. The molecule has 0 aliphatic carbocycles. The fourth-order valence-corrected chi connectivity index (χ4v) is 3.66. The van der Waals surface area contributed by atoms with Crippen LogP contribution in [-0.2, 0) is 0 Å². The zero-order valence-corrected chi connectivity index (χ0v) is 15.5. The summed E-state index contributed by atoms with van der Waals surface area (Å²) in [5.41, 5.74) is 1.55. The maximum Gasteiger partial charge on any atom is 0.291 e. The molecule has 0 saturated carbocycles. The van der Waals surface area contributed by atoms with Crippen molar-refractivity contribution in [2.45, 2.75) is 0 Å². The van der Waals surface area contributed by atoms with Crippen molar-refractivity contribution < 1.29 is 4.74 Å². The number of rotatable bonds is 3. The van der Waals surface area contributed by atoms with Crippen molar-refractivity contribution in [2.75, 3.05) is 7.11 Å². The summed E-state index contributed by atoms with van der Waals surface area (Å²) < 4.78 is 8.28. The molecule has 0 amide bonds. The molecule has 2 aromatic carbocycles. The molecule has 0 fully saturated rings. The molecule has 0 aliphatic rings. The van der Waals surface area contributed by atoms with E-state index in [0.29, 0.717) is 21.1 Å². The van der Waals surface area contributed by atoms with Crippen molar-refractivity contribution in [3.63, 3.8) is 0 Å². The van der Waals surface area contributed by atoms with E-state index in [1.165, 1.54) is 15.9 Å². The molecule has 0 spiro atoms. The van der Waals surface area contributed by atoms with Crippen LogP contribution in [0.3, 0.4) is 0 Å². The first-order valence-corrected chi connectivity index (χ1v) is 9.07. The Kier molecular flexibility index (Phi) is 4.10. The van der Waals surface area contributed by atoms with Crippen molar-refractivity contribution in [1.82, 2.24) is 14.6 Å². The van der Waals surface area contributed by atoms with Gasteiger partial charge in [0.2, 0.25) is 4.96 Å². The van der Waals surface area contributed by atoms with Crippen LogP contribution in [0.5, 0.6) is 5.75 Å². The Bertz CT molecular complexity index is 1170. The molecule has 0 atom stereocenters. The minimum absolute atomic E-state index is 0.170. The summed E-state index contributed by atoms with van der Waals surface area (Å²) in [4.78, 5) is 17.7. The number of thiazole rings is 1. The van der Waals surface area contributed by atoms with Gasteiger partial charge in [-0.1, -0.05) is 51.5 Å². The number of methoxy groups -OCH3 is 1. The summed E-state index contributed by atoms with van der Waals surface area (Å²) >= 11 is 4.72. The van der Waals surface area contributed by atoms with Gasteiger partial charge >= 0.3 is 0 Å². The number of para-hydroxylation sites is 1. The van der Waals surface area contributed by atoms with Gasteiger partial charge in [0.1, 0.15) is 5.75 Å². The van der Waals surface area contributed by atoms with E-state index < -0.39 is 0 Å². The fourth-order valence-electron chi connectivity index (χ4n) is 2.49. The predicted octanol–water partition coefficient (Wildman–Crippen LogP) is 3.14. The molecule has 5 nitrogen and oxygen atoms in total. The van der Waals surface area contributed by atoms with E-state index in [9.17, 15) is 4.79 Å². The maximum absolute atomic E-state index is 12.6. The molecular weight excluding hydrogens is 402 g/mol. The fraction of sp³-hybridized carbons (Fsp3) is 0.0556. The van der Waals surface area contributed by atoms with Crippen molar-refractivity contribution in [3.8, 4) is 17.1 Å².